The molecule has 1 aliphatic rings. The summed E-state index contributed by atoms with van der Waals surface area (Å²) in [5.74, 6) is -1.19. The minimum atomic E-state index is -3.71. The van der Waals surface area contributed by atoms with Crippen LogP contribution in [0.3, 0.4) is 0 Å². The third-order valence-corrected chi connectivity index (χ3v) is 7.55. The zero-order valence-corrected chi connectivity index (χ0v) is 20.1. The largest absolute Gasteiger partial charge is 0.452 e. The molecular formula is C26H26N2O6S. The maximum absolute atomic E-state index is 12.9. The summed E-state index contributed by atoms with van der Waals surface area (Å²) in [4.78, 5) is 24.9. The molecule has 0 unspecified atom stereocenters. The Morgan fingerprint density at radius 1 is 0.943 bits per heavy atom. The molecule has 0 radical (unpaired) electrons. The molecule has 0 atom stereocenters. The van der Waals surface area contributed by atoms with Gasteiger partial charge in [0.05, 0.1) is 23.7 Å². The van der Waals surface area contributed by atoms with Gasteiger partial charge >= 0.3 is 5.97 Å². The molecule has 4 rings (SSSR count). The van der Waals surface area contributed by atoms with Gasteiger partial charge in [-0.1, -0.05) is 48.5 Å². The number of nitrogens with one attached hydrogen (secondary N) is 1. The van der Waals surface area contributed by atoms with Gasteiger partial charge in [0.15, 0.2) is 6.61 Å². The average Bonchev–Trinajstić information content (AvgIpc) is 2.89. The summed E-state index contributed by atoms with van der Waals surface area (Å²) in [6.07, 6.45) is 0. The second-order valence-electron chi connectivity index (χ2n) is 8.06. The third-order valence-electron chi connectivity index (χ3n) is 5.65. The van der Waals surface area contributed by atoms with Gasteiger partial charge in [0.1, 0.15) is 0 Å². The standard InChI is InChI=1S/C26H26N2O6S/c1-19-7-12-23(35(31,32)28-13-15-33-16-14-28)17-24(19)27-25(29)18-34-26(30)22-10-8-21(9-11-22)20-5-3-2-4-6-20/h2-12,17H,13-16,18H2,1H3,(H,27,29). The number of sulfonamides is 1. The van der Waals surface area contributed by atoms with E-state index in [1.165, 1.54) is 16.4 Å². The molecule has 3 aromatic carbocycles. The molecule has 9 heteroatoms. The summed E-state index contributed by atoms with van der Waals surface area (Å²) in [6, 6.07) is 21.2. The van der Waals surface area contributed by atoms with Gasteiger partial charge < -0.3 is 14.8 Å². The molecular weight excluding hydrogens is 468 g/mol. The van der Waals surface area contributed by atoms with E-state index in [9.17, 15) is 18.0 Å². The van der Waals surface area contributed by atoms with Gasteiger partial charge in [0, 0.05) is 18.8 Å². The normalized spacial score (nSPS) is 14.3. The first kappa shape index (κ1) is 24.6. The molecule has 35 heavy (non-hydrogen) atoms. The number of aryl methyl sites for hydroxylation is 1. The summed E-state index contributed by atoms with van der Waals surface area (Å²) in [5.41, 5.74) is 3.34. The zero-order chi connectivity index (χ0) is 24.8. The van der Waals surface area contributed by atoms with Crippen LogP contribution < -0.4 is 5.32 Å². The monoisotopic (exact) mass is 494 g/mol. The fourth-order valence-corrected chi connectivity index (χ4v) is 5.10. The van der Waals surface area contributed by atoms with Crippen LogP contribution in [0.15, 0.2) is 77.7 Å². The molecule has 1 saturated heterocycles. The molecule has 0 bridgehead atoms. The Kier molecular flexibility index (Phi) is 7.60. The van der Waals surface area contributed by atoms with Crippen molar-refractivity contribution < 1.29 is 27.5 Å². The molecule has 1 N–H and O–H groups in total. The maximum atomic E-state index is 12.9. The van der Waals surface area contributed by atoms with Crippen LogP contribution in [0.5, 0.6) is 0 Å². The van der Waals surface area contributed by atoms with Crippen LogP contribution in [-0.4, -0.2) is 57.5 Å². The number of amides is 1. The lowest BCUT2D eigenvalue weighted by molar-refractivity contribution is -0.119. The Labute approximate surface area is 204 Å². The number of hydrogen-bond acceptors (Lipinski definition) is 6. The van der Waals surface area contributed by atoms with E-state index >= 15 is 0 Å². The number of morpholine rings is 1. The number of nitrogens with zero attached hydrogens (tertiary/aromatic N) is 1. The van der Waals surface area contributed by atoms with Crippen molar-refractivity contribution in [3.8, 4) is 11.1 Å². The average molecular weight is 495 g/mol. The number of ether oxygens (including phenoxy) is 2. The highest BCUT2D eigenvalue weighted by Gasteiger charge is 2.27. The van der Waals surface area contributed by atoms with Gasteiger partial charge in [0.2, 0.25) is 10.0 Å². The highest BCUT2D eigenvalue weighted by atomic mass is 32.2. The number of esters is 1. The van der Waals surface area contributed by atoms with Crippen LogP contribution in [0, 0.1) is 6.92 Å². The van der Waals surface area contributed by atoms with E-state index in [1.54, 1.807) is 25.1 Å². The van der Waals surface area contributed by atoms with Crippen LogP contribution in [0.4, 0.5) is 5.69 Å². The SMILES string of the molecule is Cc1ccc(S(=O)(=O)N2CCOCC2)cc1NC(=O)COC(=O)c1ccc(-c2ccccc2)cc1. The van der Waals surface area contributed by atoms with Crippen molar-refractivity contribution in [1.29, 1.82) is 0 Å². The Bertz CT molecular complexity index is 1300. The molecule has 0 spiro atoms. The van der Waals surface area contributed by atoms with E-state index in [-0.39, 0.29) is 18.0 Å². The van der Waals surface area contributed by atoms with E-state index < -0.39 is 28.5 Å². The highest BCUT2D eigenvalue weighted by molar-refractivity contribution is 7.89. The van der Waals surface area contributed by atoms with Crippen LogP contribution >= 0.6 is 0 Å². The Morgan fingerprint density at radius 3 is 2.29 bits per heavy atom. The number of benzene rings is 3. The first-order valence-electron chi connectivity index (χ1n) is 11.2. The minimum absolute atomic E-state index is 0.0794. The lowest BCUT2D eigenvalue weighted by Gasteiger charge is -2.26. The molecule has 0 aromatic heterocycles. The summed E-state index contributed by atoms with van der Waals surface area (Å²) in [5, 5.41) is 2.64. The molecule has 1 heterocycles. The zero-order valence-electron chi connectivity index (χ0n) is 19.3. The van der Waals surface area contributed by atoms with Crippen molar-refractivity contribution in [3.05, 3.63) is 83.9 Å². The second kappa shape index (κ2) is 10.8. The van der Waals surface area contributed by atoms with Crippen molar-refractivity contribution in [1.82, 2.24) is 4.31 Å². The van der Waals surface area contributed by atoms with Crippen molar-refractivity contribution in [2.24, 2.45) is 0 Å². The fourth-order valence-electron chi connectivity index (χ4n) is 3.66. The van der Waals surface area contributed by atoms with E-state index in [2.05, 4.69) is 5.32 Å². The molecule has 1 amide bonds. The van der Waals surface area contributed by atoms with E-state index in [4.69, 9.17) is 9.47 Å². The van der Waals surface area contributed by atoms with Crippen molar-refractivity contribution >= 4 is 27.6 Å². The van der Waals surface area contributed by atoms with Gasteiger partial charge in [-0.2, -0.15) is 4.31 Å². The van der Waals surface area contributed by atoms with Crippen molar-refractivity contribution in [2.75, 3.05) is 38.2 Å². The van der Waals surface area contributed by atoms with Gasteiger partial charge in [-0.25, -0.2) is 13.2 Å². The van der Waals surface area contributed by atoms with Gasteiger partial charge in [-0.3, -0.25) is 4.79 Å². The first-order valence-corrected chi connectivity index (χ1v) is 12.6. The van der Waals surface area contributed by atoms with E-state index in [0.717, 1.165) is 11.1 Å². The number of carbonyl (C=O) groups is 2. The third kappa shape index (κ3) is 5.94. The molecule has 8 nitrogen and oxygen atoms in total. The second-order valence-corrected chi connectivity index (χ2v) is 10.00. The quantitative estimate of drug-likeness (QED) is 0.505. The van der Waals surface area contributed by atoms with Crippen LogP contribution in [0.25, 0.3) is 11.1 Å². The lowest BCUT2D eigenvalue weighted by Crippen LogP contribution is -2.40. The number of carbonyl (C=O) groups excluding carboxylic acids is 2. The number of rotatable bonds is 7. The van der Waals surface area contributed by atoms with Gasteiger partial charge in [-0.05, 0) is 47.9 Å². The molecule has 1 aliphatic heterocycles. The predicted octanol–water partition coefficient (Wildman–Crippen LogP) is 3.48. The Balaban J connectivity index is 1.37. The molecule has 3 aromatic rings. The highest BCUT2D eigenvalue weighted by Crippen LogP contribution is 2.24. The summed E-state index contributed by atoms with van der Waals surface area (Å²) >= 11 is 0. The first-order chi connectivity index (χ1) is 16.8. The molecule has 0 aliphatic carbocycles. The molecule has 182 valence electrons. The van der Waals surface area contributed by atoms with E-state index in [1.807, 2.05) is 42.5 Å². The van der Waals surface area contributed by atoms with E-state index in [0.29, 0.717) is 30.0 Å². The lowest BCUT2D eigenvalue weighted by atomic mass is 10.0. The molecule has 1 fully saturated rings. The summed E-state index contributed by atoms with van der Waals surface area (Å²) < 4.78 is 37.6. The summed E-state index contributed by atoms with van der Waals surface area (Å²) in [7, 11) is -3.71. The Morgan fingerprint density at radius 2 is 1.60 bits per heavy atom. The number of anilines is 1. The molecule has 0 saturated carbocycles. The smallest absolute Gasteiger partial charge is 0.338 e. The van der Waals surface area contributed by atoms with Crippen LogP contribution in [0.1, 0.15) is 15.9 Å². The van der Waals surface area contributed by atoms with Crippen molar-refractivity contribution in [3.63, 3.8) is 0 Å². The van der Waals surface area contributed by atoms with Crippen molar-refractivity contribution in [2.45, 2.75) is 11.8 Å². The van der Waals surface area contributed by atoms with Gasteiger partial charge in [-0.15, -0.1) is 0 Å². The topological polar surface area (TPSA) is 102 Å². The van der Waals surface area contributed by atoms with Gasteiger partial charge in [0.25, 0.3) is 5.91 Å². The minimum Gasteiger partial charge on any atom is -0.452 e. The van der Waals surface area contributed by atoms with Crippen LogP contribution in [-0.2, 0) is 24.3 Å². The van der Waals surface area contributed by atoms with Crippen LogP contribution in [0.2, 0.25) is 0 Å². The fraction of sp³-hybridized carbons (Fsp3) is 0.231. The number of hydrogen-bond donors (Lipinski definition) is 1. The maximum Gasteiger partial charge on any atom is 0.338 e. The summed E-state index contributed by atoms with van der Waals surface area (Å²) in [6.45, 7) is 2.49. The predicted molar refractivity (Wildman–Crippen MR) is 132 cm³/mol. The Hall–Kier alpha value is -3.53.